The van der Waals surface area contributed by atoms with Crippen LogP contribution in [-0.2, 0) is 4.79 Å². The van der Waals surface area contributed by atoms with Crippen molar-refractivity contribution in [2.45, 2.75) is 43.7 Å². The summed E-state index contributed by atoms with van der Waals surface area (Å²) in [5, 5.41) is 15.3. The van der Waals surface area contributed by atoms with E-state index in [0.717, 1.165) is 43.5 Å². The number of hydrogen-bond acceptors (Lipinski definition) is 3. The summed E-state index contributed by atoms with van der Waals surface area (Å²) in [5.74, 6) is 0.833. The Bertz CT molecular complexity index is 937. The zero-order chi connectivity index (χ0) is 22.0. The molecule has 1 saturated carbocycles. The number of carbonyl (C=O) groups is 1. The van der Waals surface area contributed by atoms with E-state index in [1.165, 1.54) is 4.90 Å². The van der Waals surface area contributed by atoms with Crippen molar-refractivity contribution in [3.63, 3.8) is 0 Å². The Morgan fingerprint density at radius 2 is 1.97 bits per heavy atom. The van der Waals surface area contributed by atoms with Crippen molar-refractivity contribution in [2.24, 2.45) is 5.92 Å². The molecule has 0 bridgehead atoms. The van der Waals surface area contributed by atoms with Gasteiger partial charge in [0.1, 0.15) is 11.8 Å². The zero-order valence-electron chi connectivity index (χ0n) is 17.7. The molecule has 1 aliphatic heterocycles. The number of quaternary nitrogens is 1. The molecule has 0 spiro atoms. The second-order valence-corrected chi connectivity index (χ2v) is 9.56. The normalized spacial score (nSPS) is 27.9. The van der Waals surface area contributed by atoms with Gasteiger partial charge < -0.3 is 20.1 Å². The Kier molecular flexibility index (Phi) is 6.77. The van der Waals surface area contributed by atoms with E-state index in [0.29, 0.717) is 28.7 Å². The van der Waals surface area contributed by atoms with E-state index in [9.17, 15) is 9.90 Å². The first kappa shape index (κ1) is 22.4. The molecule has 1 saturated heterocycles. The molecule has 0 aromatic heterocycles. The van der Waals surface area contributed by atoms with Gasteiger partial charge in [0.2, 0.25) is 0 Å². The number of nitrogens with one attached hydrogen (secondary N) is 2. The van der Waals surface area contributed by atoms with Crippen LogP contribution in [0.2, 0.25) is 10.0 Å². The number of piperidine rings is 1. The van der Waals surface area contributed by atoms with E-state index in [1.807, 2.05) is 12.1 Å². The number of methoxy groups -OCH3 is 1. The van der Waals surface area contributed by atoms with Crippen molar-refractivity contribution in [3.05, 3.63) is 58.1 Å². The van der Waals surface area contributed by atoms with Crippen LogP contribution >= 0.6 is 23.2 Å². The van der Waals surface area contributed by atoms with Gasteiger partial charge in [-0.25, -0.2) is 0 Å². The molecule has 7 heteroatoms. The molecule has 4 atom stereocenters. The lowest BCUT2D eigenvalue weighted by Gasteiger charge is -2.50. The third kappa shape index (κ3) is 4.85. The predicted octanol–water partition coefficient (Wildman–Crippen LogP) is 3.89. The first-order valence-corrected chi connectivity index (χ1v) is 11.6. The quantitative estimate of drug-likeness (QED) is 0.629. The summed E-state index contributed by atoms with van der Waals surface area (Å²) in [5.41, 5.74) is 1.04. The number of amides is 1. The number of hydrogen-bond donors (Lipinski definition) is 3. The van der Waals surface area contributed by atoms with Crippen molar-refractivity contribution in [3.8, 4) is 5.75 Å². The molecule has 1 heterocycles. The van der Waals surface area contributed by atoms with Crippen LogP contribution < -0.4 is 15.0 Å². The van der Waals surface area contributed by atoms with E-state index in [-0.39, 0.29) is 17.9 Å². The lowest BCUT2D eigenvalue weighted by atomic mass is 9.66. The van der Waals surface area contributed by atoms with Gasteiger partial charge in [-0.2, -0.15) is 0 Å². The third-order valence-corrected chi connectivity index (χ3v) is 7.40. The van der Waals surface area contributed by atoms with Gasteiger partial charge in [-0.3, -0.25) is 4.79 Å². The first-order valence-electron chi connectivity index (χ1n) is 10.9. The molecule has 2 aromatic rings. The summed E-state index contributed by atoms with van der Waals surface area (Å²) >= 11 is 12.2. The second-order valence-electron chi connectivity index (χ2n) is 8.71. The highest BCUT2D eigenvalue weighted by atomic mass is 35.5. The van der Waals surface area contributed by atoms with Crippen LogP contribution in [0.15, 0.2) is 42.5 Å². The van der Waals surface area contributed by atoms with Crippen LogP contribution in [-0.4, -0.2) is 36.8 Å². The van der Waals surface area contributed by atoms with Gasteiger partial charge >= 0.3 is 0 Å². The van der Waals surface area contributed by atoms with Gasteiger partial charge in [-0.05, 0) is 55.3 Å². The van der Waals surface area contributed by atoms with E-state index < -0.39 is 5.60 Å². The molecule has 1 aliphatic carbocycles. The summed E-state index contributed by atoms with van der Waals surface area (Å²) in [6.07, 6.45) is 4.70. The summed E-state index contributed by atoms with van der Waals surface area (Å²) in [4.78, 5) is 14.1. The number of ether oxygens (including phenoxy) is 1. The molecular formula is C24H29Cl2N2O3+. The Hall–Kier alpha value is -1.79. The highest BCUT2D eigenvalue weighted by molar-refractivity contribution is 6.36. The highest BCUT2D eigenvalue weighted by Gasteiger charge is 2.51. The number of anilines is 1. The first-order chi connectivity index (χ1) is 14.9. The molecule has 166 valence electrons. The number of fused-ring (bicyclic) bond motifs is 1. The lowest BCUT2D eigenvalue weighted by molar-refractivity contribution is -0.937. The largest absolute Gasteiger partial charge is 0.497 e. The van der Waals surface area contributed by atoms with Gasteiger partial charge in [0, 0.05) is 22.9 Å². The fourth-order valence-electron chi connectivity index (χ4n) is 5.32. The van der Waals surface area contributed by atoms with Crippen molar-refractivity contribution in [1.82, 2.24) is 0 Å². The number of halogens is 2. The lowest BCUT2D eigenvalue weighted by Crippen LogP contribution is -3.16. The van der Waals surface area contributed by atoms with E-state index in [4.69, 9.17) is 27.9 Å². The summed E-state index contributed by atoms with van der Waals surface area (Å²) in [6, 6.07) is 13.1. The molecule has 5 nitrogen and oxygen atoms in total. The Labute approximate surface area is 193 Å². The SMILES string of the molecule is COc1ccc([C@H]2[C@@H]3CCCC[C@@]3(O)CC[NH+]2CC(=O)Nc2ccc(Cl)cc2Cl)cc1. The van der Waals surface area contributed by atoms with Gasteiger partial charge in [-0.15, -0.1) is 0 Å². The Balaban J connectivity index is 1.57. The minimum atomic E-state index is -0.650. The summed E-state index contributed by atoms with van der Waals surface area (Å²) in [7, 11) is 1.65. The number of likely N-dealkylation sites (tertiary alicyclic amines) is 1. The predicted molar refractivity (Wildman–Crippen MR) is 123 cm³/mol. The minimum Gasteiger partial charge on any atom is -0.497 e. The maximum absolute atomic E-state index is 12.9. The fraction of sp³-hybridized carbons (Fsp3) is 0.458. The van der Waals surface area contributed by atoms with Crippen molar-refractivity contribution >= 4 is 34.8 Å². The maximum Gasteiger partial charge on any atom is 0.279 e. The average molecular weight is 464 g/mol. The smallest absolute Gasteiger partial charge is 0.279 e. The molecular weight excluding hydrogens is 435 g/mol. The minimum absolute atomic E-state index is 0.0522. The number of aliphatic hydroxyl groups is 1. The molecule has 0 radical (unpaired) electrons. The molecule has 1 amide bonds. The van der Waals surface area contributed by atoms with Crippen LogP contribution in [0.4, 0.5) is 5.69 Å². The fourth-order valence-corrected chi connectivity index (χ4v) is 5.78. The van der Waals surface area contributed by atoms with Crippen LogP contribution in [0.3, 0.4) is 0 Å². The summed E-state index contributed by atoms with van der Waals surface area (Å²) in [6.45, 7) is 1.05. The molecule has 4 rings (SSSR count). The standard InChI is InChI=1S/C24H28Cl2N2O3/c1-31-18-8-5-16(6-9-18)23-19-4-2-3-11-24(19,30)12-13-28(23)15-22(29)27-21-10-7-17(25)14-20(21)26/h5-10,14,19,23,30H,2-4,11-13,15H2,1H3,(H,27,29)/p+1/t19-,23-,24+/m0/s1. The van der Waals surface area contributed by atoms with Crippen LogP contribution in [0.1, 0.15) is 43.7 Å². The van der Waals surface area contributed by atoms with Crippen molar-refractivity contribution < 1.29 is 19.5 Å². The zero-order valence-corrected chi connectivity index (χ0v) is 19.2. The summed E-state index contributed by atoms with van der Waals surface area (Å²) < 4.78 is 5.32. The maximum atomic E-state index is 12.9. The Morgan fingerprint density at radius 1 is 1.19 bits per heavy atom. The number of rotatable bonds is 5. The monoisotopic (exact) mass is 463 g/mol. The third-order valence-electron chi connectivity index (χ3n) is 6.85. The van der Waals surface area contributed by atoms with Crippen molar-refractivity contribution in [1.29, 1.82) is 0 Å². The average Bonchev–Trinajstić information content (AvgIpc) is 2.76. The molecule has 2 aliphatic rings. The van der Waals surface area contributed by atoms with E-state index in [1.54, 1.807) is 25.3 Å². The van der Waals surface area contributed by atoms with Gasteiger partial charge in [-0.1, -0.05) is 36.0 Å². The van der Waals surface area contributed by atoms with E-state index in [2.05, 4.69) is 17.4 Å². The molecule has 2 aromatic carbocycles. The molecule has 31 heavy (non-hydrogen) atoms. The molecule has 3 N–H and O–H groups in total. The number of carbonyl (C=O) groups excluding carboxylic acids is 1. The van der Waals surface area contributed by atoms with Crippen LogP contribution in [0.25, 0.3) is 0 Å². The van der Waals surface area contributed by atoms with E-state index >= 15 is 0 Å². The van der Waals surface area contributed by atoms with Gasteiger partial charge in [0.25, 0.3) is 5.91 Å². The highest BCUT2D eigenvalue weighted by Crippen LogP contribution is 2.44. The van der Waals surface area contributed by atoms with Gasteiger partial charge in [0.05, 0.1) is 30.0 Å². The molecule has 2 fully saturated rings. The van der Waals surface area contributed by atoms with Gasteiger partial charge in [0.15, 0.2) is 6.54 Å². The Morgan fingerprint density at radius 3 is 2.68 bits per heavy atom. The van der Waals surface area contributed by atoms with Crippen molar-refractivity contribution in [2.75, 3.05) is 25.5 Å². The number of benzene rings is 2. The second kappa shape index (κ2) is 9.37. The topological polar surface area (TPSA) is 63.0 Å². The van der Waals surface area contributed by atoms with Crippen LogP contribution in [0, 0.1) is 5.92 Å². The molecule has 1 unspecified atom stereocenters. The van der Waals surface area contributed by atoms with Crippen LogP contribution in [0.5, 0.6) is 5.75 Å².